The van der Waals surface area contributed by atoms with Crippen LogP contribution in [-0.4, -0.2) is 23.2 Å². The number of carbonyl (C=O) groups is 1. The number of aliphatic carboxylic acids is 1. The van der Waals surface area contributed by atoms with Gasteiger partial charge in [0.1, 0.15) is 0 Å². The summed E-state index contributed by atoms with van der Waals surface area (Å²) in [7, 11) is 0. The molecule has 3 nitrogen and oxygen atoms in total. The molecule has 1 aliphatic heterocycles. The van der Waals surface area contributed by atoms with Gasteiger partial charge in [-0.3, -0.25) is 4.79 Å². The second kappa shape index (κ2) is 1.78. The van der Waals surface area contributed by atoms with E-state index in [4.69, 9.17) is 5.11 Å². The average Bonchev–Trinajstić information content (AvgIpc) is 2.60. The predicted molar refractivity (Wildman–Crippen MR) is 40.3 cm³/mol. The van der Waals surface area contributed by atoms with Crippen LogP contribution in [0.2, 0.25) is 0 Å². The third kappa shape index (κ3) is 0.692. The van der Waals surface area contributed by atoms with E-state index in [1.165, 1.54) is 0 Å². The van der Waals surface area contributed by atoms with Gasteiger partial charge in [0.2, 0.25) is 0 Å². The van der Waals surface area contributed by atoms with Crippen LogP contribution < -0.4 is 5.32 Å². The van der Waals surface area contributed by atoms with Crippen LogP contribution in [0, 0.1) is 5.41 Å². The minimum atomic E-state index is -0.639. The Morgan fingerprint density at radius 3 is 2.45 bits per heavy atom. The molecule has 1 saturated heterocycles. The van der Waals surface area contributed by atoms with Gasteiger partial charge in [-0.2, -0.15) is 0 Å². The van der Waals surface area contributed by atoms with Crippen molar-refractivity contribution in [2.24, 2.45) is 5.41 Å². The molecule has 1 spiro atoms. The molecule has 2 fully saturated rings. The molecule has 1 aliphatic carbocycles. The molecule has 0 aromatic heterocycles. The van der Waals surface area contributed by atoms with Crippen LogP contribution in [0.25, 0.3) is 0 Å². The summed E-state index contributed by atoms with van der Waals surface area (Å²) in [5.74, 6) is -0.639. The maximum Gasteiger partial charge on any atom is 0.311 e. The highest BCUT2D eigenvalue weighted by atomic mass is 16.4. The van der Waals surface area contributed by atoms with Crippen molar-refractivity contribution < 1.29 is 9.90 Å². The monoisotopic (exact) mass is 155 g/mol. The van der Waals surface area contributed by atoms with Crippen molar-refractivity contribution in [3.63, 3.8) is 0 Å². The molecular formula is C8H13NO2. The van der Waals surface area contributed by atoms with Crippen molar-refractivity contribution in [1.82, 2.24) is 5.32 Å². The van der Waals surface area contributed by atoms with Gasteiger partial charge in [-0.25, -0.2) is 0 Å². The van der Waals surface area contributed by atoms with Gasteiger partial charge in [-0.15, -0.1) is 0 Å². The van der Waals surface area contributed by atoms with E-state index in [2.05, 4.69) is 5.32 Å². The Morgan fingerprint density at radius 1 is 1.45 bits per heavy atom. The first-order valence-electron chi connectivity index (χ1n) is 4.09. The minimum Gasteiger partial charge on any atom is -0.481 e. The normalized spacial score (nSPS) is 39.4. The Morgan fingerprint density at radius 2 is 2.09 bits per heavy atom. The maximum atomic E-state index is 10.9. The largest absolute Gasteiger partial charge is 0.481 e. The smallest absolute Gasteiger partial charge is 0.311 e. The first kappa shape index (κ1) is 7.10. The Balaban J connectivity index is 2.30. The molecule has 0 bridgehead atoms. The molecule has 1 unspecified atom stereocenters. The molecule has 0 amide bonds. The summed E-state index contributed by atoms with van der Waals surface area (Å²) in [5, 5.41) is 12.3. The van der Waals surface area contributed by atoms with Gasteiger partial charge in [0.15, 0.2) is 0 Å². The molecule has 0 aromatic rings. The van der Waals surface area contributed by atoms with Crippen molar-refractivity contribution in [3.8, 4) is 0 Å². The summed E-state index contributed by atoms with van der Waals surface area (Å²) in [4.78, 5) is 10.9. The second-order valence-corrected chi connectivity index (χ2v) is 3.90. The molecule has 0 radical (unpaired) electrons. The molecular weight excluding hydrogens is 142 g/mol. The van der Waals surface area contributed by atoms with Crippen molar-refractivity contribution >= 4 is 5.97 Å². The van der Waals surface area contributed by atoms with Gasteiger partial charge in [0, 0.05) is 5.54 Å². The summed E-state index contributed by atoms with van der Waals surface area (Å²) in [5.41, 5.74) is -0.522. The number of rotatable bonds is 1. The highest BCUT2D eigenvalue weighted by Crippen LogP contribution is 2.55. The summed E-state index contributed by atoms with van der Waals surface area (Å²) in [6.45, 7) is 2.73. The molecule has 1 heterocycles. The van der Waals surface area contributed by atoms with E-state index in [0.717, 1.165) is 25.8 Å². The fourth-order valence-corrected chi connectivity index (χ4v) is 2.15. The van der Waals surface area contributed by atoms with Crippen LogP contribution in [-0.2, 0) is 4.79 Å². The van der Waals surface area contributed by atoms with Gasteiger partial charge in [-0.05, 0) is 32.7 Å². The third-order valence-corrected chi connectivity index (χ3v) is 3.37. The Bertz CT molecular complexity index is 210. The summed E-state index contributed by atoms with van der Waals surface area (Å²) in [6, 6.07) is 0. The van der Waals surface area contributed by atoms with Crippen LogP contribution >= 0.6 is 0 Å². The van der Waals surface area contributed by atoms with Crippen LogP contribution in [0.3, 0.4) is 0 Å². The summed E-state index contributed by atoms with van der Waals surface area (Å²) >= 11 is 0. The molecule has 2 N–H and O–H groups in total. The van der Waals surface area contributed by atoms with Crippen LogP contribution in [0.5, 0.6) is 0 Å². The summed E-state index contributed by atoms with van der Waals surface area (Å²) in [6.07, 6.45) is 2.86. The van der Waals surface area contributed by atoms with Crippen LogP contribution in [0.15, 0.2) is 0 Å². The van der Waals surface area contributed by atoms with Crippen molar-refractivity contribution in [1.29, 1.82) is 0 Å². The van der Waals surface area contributed by atoms with E-state index in [1.807, 2.05) is 6.92 Å². The number of carboxylic acid groups (broad SMARTS) is 1. The fourth-order valence-electron chi connectivity index (χ4n) is 2.15. The summed E-state index contributed by atoms with van der Waals surface area (Å²) < 4.78 is 0. The SMILES string of the molecule is CC1(C(=O)O)CCNC12CC2. The van der Waals surface area contributed by atoms with Crippen molar-refractivity contribution in [2.75, 3.05) is 6.54 Å². The van der Waals surface area contributed by atoms with E-state index in [9.17, 15) is 4.79 Å². The molecule has 2 rings (SSSR count). The van der Waals surface area contributed by atoms with Gasteiger partial charge in [0.05, 0.1) is 5.41 Å². The van der Waals surface area contributed by atoms with Gasteiger partial charge >= 0.3 is 5.97 Å². The van der Waals surface area contributed by atoms with Crippen molar-refractivity contribution in [3.05, 3.63) is 0 Å². The fraction of sp³-hybridized carbons (Fsp3) is 0.875. The van der Waals surface area contributed by atoms with E-state index in [1.54, 1.807) is 0 Å². The highest BCUT2D eigenvalue weighted by Gasteiger charge is 2.63. The standard InChI is InChI=1S/C8H13NO2/c1-7(6(10)11)4-5-9-8(7)2-3-8/h9H,2-5H2,1H3,(H,10,11). The van der Waals surface area contributed by atoms with E-state index in [-0.39, 0.29) is 5.54 Å². The average molecular weight is 155 g/mol. The lowest BCUT2D eigenvalue weighted by molar-refractivity contribution is -0.149. The van der Waals surface area contributed by atoms with Gasteiger partial charge < -0.3 is 10.4 Å². The topological polar surface area (TPSA) is 49.3 Å². The second-order valence-electron chi connectivity index (χ2n) is 3.90. The number of hydrogen-bond acceptors (Lipinski definition) is 2. The van der Waals surface area contributed by atoms with E-state index in [0.29, 0.717) is 0 Å². The molecule has 2 aliphatic rings. The van der Waals surface area contributed by atoms with Crippen LogP contribution in [0.4, 0.5) is 0 Å². The zero-order valence-corrected chi connectivity index (χ0v) is 6.68. The van der Waals surface area contributed by atoms with Gasteiger partial charge in [0.25, 0.3) is 0 Å². The molecule has 1 atom stereocenters. The number of nitrogens with one attached hydrogen (secondary N) is 1. The van der Waals surface area contributed by atoms with E-state index >= 15 is 0 Å². The molecule has 1 saturated carbocycles. The highest BCUT2D eigenvalue weighted by molar-refractivity contribution is 5.77. The third-order valence-electron chi connectivity index (χ3n) is 3.37. The maximum absolute atomic E-state index is 10.9. The lowest BCUT2D eigenvalue weighted by atomic mass is 9.80. The first-order valence-corrected chi connectivity index (χ1v) is 4.09. The number of carboxylic acids is 1. The van der Waals surface area contributed by atoms with Crippen LogP contribution in [0.1, 0.15) is 26.2 Å². The Labute approximate surface area is 65.8 Å². The Kier molecular flexibility index (Phi) is 1.15. The zero-order chi connectivity index (χ0) is 8.11. The minimum absolute atomic E-state index is 0.0289. The molecule has 11 heavy (non-hydrogen) atoms. The quantitative estimate of drug-likeness (QED) is 0.583. The van der Waals surface area contributed by atoms with Crippen molar-refractivity contribution in [2.45, 2.75) is 31.7 Å². The predicted octanol–water partition coefficient (Wildman–Crippen LogP) is 0.603. The zero-order valence-electron chi connectivity index (χ0n) is 6.68. The lowest BCUT2D eigenvalue weighted by Gasteiger charge is -2.25. The molecule has 3 heteroatoms. The van der Waals surface area contributed by atoms with E-state index < -0.39 is 11.4 Å². The lowest BCUT2D eigenvalue weighted by Crippen LogP contribution is -2.42. The van der Waals surface area contributed by atoms with Gasteiger partial charge in [-0.1, -0.05) is 0 Å². The first-order chi connectivity index (χ1) is 5.11. The molecule has 62 valence electrons. The molecule has 0 aromatic carbocycles. The Hall–Kier alpha value is -0.570. The number of hydrogen-bond donors (Lipinski definition) is 2.